The summed E-state index contributed by atoms with van der Waals surface area (Å²) in [5.74, 6) is -0.253. The fraction of sp³-hybridized carbons (Fsp3) is 0.421. The molecule has 5 heteroatoms. The lowest BCUT2D eigenvalue weighted by Gasteiger charge is -2.37. The van der Waals surface area contributed by atoms with Crippen molar-refractivity contribution in [1.29, 1.82) is 0 Å². The van der Waals surface area contributed by atoms with E-state index >= 15 is 0 Å². The van der Waals surface area contributed by atoms with Gasteiger partial charge in [-0.25, -0.2) is 4.39 Å². The number of hydrogen-bond donors (Lipinski definition) is 1. The van der Waals surface area contributed by atoms with Gasteiger partial charge in [0, 0.05) is 17.5 Å². The first kappa shape index (κ1) is 17.1. The molecule has 3 rings (SSSR count). The van der Waals surface area contributed by atoms with Crippen LogP contribution in [0.3, 0.4) is 0 Å². The molecule has 3 nitrogen and oxygen atoms in total. The van der Waals surface area contributed by atoms with E-state index in [0.717, 1.165) is 18.5 Å². The molecule has 1 aromatic heterocycles. The van der Waals surface area contributed by atoms with Gasteiger partial charge in [-0.3, -0.25) is 9.69 Å². The number of benzene rings is 1. The van der Waals surface area contributed by atoms with E-state index in [1.807, 2.05) is 13.8 Å². The predicted molar refractivity (Wildman–Crippen MR) is 95.6 cm³/mol. The van der Waals surface area contributed by atoms with Crippen molar-refractivity contribution < 1.29 is 9.18 Å². The second-order valence-electron chi connectivity index (χ2n) is 6.42. The Bertz CT molecular complexity index is 712. The Labute approximate surface area is 146 Å². The Hall–Kier alpha value is -1.72. The normalized spacial score (nSPS) is 20.2. The molecule has 1 aliphatic heterocycles. The summed E-state index contributed by atoms with van der Waals surface area (Å²) in [4.78, 5) is 16.4. The van der Waals surface area contributed by atoms with Crippen LogP contribution in [-0.2, 0) is 11.2 Å². The van der Waals surface area contributed by atoms with Crippen molar-refractivity contribution in [1.82, 2.24) is 10.2 Å². The number of halogens is 1. The molecule has 3 atom stereocenters. The maximum atomic E-state index is 13.0. The molecule has 0 aliphatic carbocycles. The molecule has 1 N–H and O–H groups in total. The lowest BCUT2D eigenvalue weighted by Crippen LogP contribution is -2.48. The molecule has 1 amide bonds. The minimum Gasteiger partial charge on any atom is -0.348 e. The van der Waals surface area contributed by atoms with Gasteiger partial charge in [0.1, 0.15) is 5.82 Å². The van der Waals surface area contributed by atoms with E-state index in [2.05, 4.69) is 28.6 Å². The van der Waals surface area contributed by atoms with Crippen LogP contribution in [0.5, 0.6) is 0 Å². The average Bonchev–Trinajstić information content (AvgIpc) is 3.04. The van der Waals surface area contributed by atoms with E-state index in [4.69, 9.17) is 0 Å². The zero-order valence-corrected chi connectivity index (χ0v) is 15.1. The van der Waals surface area contributed by atoms with Crippen molar-refractivity contribution >= 4 is 17.2 Å². The number of nitrogens with one attached hydrogen (secondary N) is 1. The molecule has 0 saturated heterocycles. The minimum atomic E-state index is -0.264. The average molecular weight is 346 g/mol. The smallest absolute Gasteiger partial charge is 0.237 e. The van der Waals surface area contributed by atoms with E-state index in [0.29, 0.717) is 0 Å². The highest BCUT2D eigenvalue weighted by Crippen LogP contribution is 2.34. The van der Waals surface area contributed by atoms with Crippen LogP contribution < -0.4 is 5.32 Å². The van der Waals surface area contributed by atoms with Crippen LogP contribution in [0.25, 0.3) is 0 Å². The van der Waals surface area contributed by atoms with Crippen LogP contribution in [0, 0.1) is 5.82 Å². The first-order valence-corrected chi connectivity index (χ1v) is 9.23. The third-order valence-electron chi connectivity index (χ3n) is 4.93. The monoisotopic (exact) mass is 346 g/mol. The number of thiophene rings is 1. The van der Waals surface area contributed by atoms with E-state index in [-0.39, 0.29) is 29.8 Å². The van der Waals surface area contributed by atoms with Gasteiger partial charge in [-0.1, -0.05) is 12.1 Å². The van der Waals surface area contributed by atoms with Crippen molar-refractivity contribution in [3.05, 3.63) is 57.5 Å². The van der Waals surface area contributed by atoms with Gasteiger partial charge in [0.05, 0.1) is 12.1 Å². The van der Waals surface area contributed by atoms with Gasteiger partial charge in [0.2, 0.25) is 5.91 Å². The Morgan fingerprint density at radius 1 is 1.29 bits per heavy atom. The zero-order valence-electron chi connectivity index (χ0n) is 14.3. The Balaban J connectivity index is 1.65. The summed E-state index contributed by atoms with van der Waals surface area (Å²) in [5, 5.41) is 5.18. The van der Waals surface area contributed by atoms with Crippen molar-refractivity contribution in [2.75, 3.05) is 6.54 Å². The maximum absolute atomic E-state index is 13.0. The predicted octanol–water partition coefficient (Wildman–Crippen LogP) is 4.07. The summed E-state index contributed by atoms with van der Waals surface area (Å²) in [6, 6.07) is 8.36. The highest BCUT2D eigenvalue weighted by molar-refractivity contribution is 7.10. The molecule has 0 saturated carbocycles. The van der Waals surface area contributed by atoms with Crippen molar-refractivity contribution in [2.24, 2.45) is 0 Å². The van der Waals surface area contributed by atoms with Crippen LogP contribution in [0.4, 0.5) is 4.39 Å². The number of hydrogen-bond acceptors (Lipinski definition) is 3. The van der Waals surface area contributed by atoms with Gasteiger partial charge in [-0.15, -0.1) is 11.3 Å². The minimum absolute atomic E-state index is 0.0114. The topological polar surface area (TPSA) is 32.3 Å². The standard InChI is InChI=1S/C19H23FN2OS/c1-12(15-4-6-16(20)7-5-15)21-19(23)14(3)22-10-8-18-17(13(22)2)9-11-24-18/h4-7,9,11-14H,8,10H2,1-3H3,(H,21,23)/t12-,13+,14+/m0/s1. The molecular formula is C19H23FN2OS. The van der Waals surface area contributed by atoms with Crippen LogP contribution in [-0.4, -0.2) is 23.4 Å². The van der Waals surface area contributed by atoms with Crippen LogP contribution in [0.2, 0.25) is 0 Å². The van der Waals surface area contributed by atoms with E-state index in [1.165, 1.54) is 22.6 Å². The molecule has 0 fully saturated rings. The number of carbonyl (C=O) groups excluding carboxylic acids is 1. The summed E-state index contributed by atoms with van der Waals surface area (Å²) >= 11 is 1.80. The number of nitrogens with zero attached hydrogens (tertiary/aromatic N) is 1. The number of carbonyl (C=O) groups is 1. The van der Waals surface area contributed by atoms with Gasteiger partial charge in [0.15, 0.2) is 0 Å². The van der Waals surface area contributed by atoms with Crippen LogP contribution in [0.15, 0.2) is 35.7 Å². The largest absolute Gasteiger partial charge is 0.348 e. The maximum Gasteiger partial charge on any atom is 0.237 e. The van der Waals surface area contributed by atoms with Gasteiger partial charge in [-0.05, 0) is 61.9 Å². The number of amides is 1. The molecule has 0 bridgehead atoms. The lowest BCUT2D eigenvalue weighted by molar-refractivity contribution is -0.127. The van der Waals surface area contributed by atoms with E-state index < -0.39 is 0 Å². The summed E-state index contributed by atoms with van der Waals surface area (Å²) < 4.78 is 13.0. The van der Waals surface area contributed by atoms with Crippen molar-refractivity contribution in [3.63, 3.8) is 0 Å². The second kappa shape index (κ2) is 7.03. The molecule has 1 aromatic carbocycles. The molecule has 0 unspecified atom stereocenters. The van der Waals surface area contributed by atoms with Gasteiger partial charge >= 0.3 is 0 Å². The van der Waals surface area contributed by atoms with Gasteiger partial charge in [0.25, 0.3) is 0 Å². The summed E-state index contributed by atoms with van der Waals surface area (Å²) in [7, 11) is 0. The molecule has 24 heavy (non-hydrogen) atoms. The molecule has 0 spiro atoms. The number of fused-ring (bicyclic) bond motifs is 1. The zero-order chi connectivity index (χ0) is 17.3. The molecule has 2 aromatic rings. The highest BCUT2D eigenvalue weighted by Gasteiger charge is 2.31. The summed E-state index contributed by atoms with van der Waals surface area (Å²) in [6.45, 7) is 6.95. The van der Waals surface area contributed by atoms with E-state index in [9.17, 15) is 9.18 Å². The highest BCUT2D eigenvalue weighted by atomic mass is 32.1. The van der Waals surface area contributed by atoms with E-state index in [1.54, 1.807) is 23.5 Å². The SMILES string of the molecule is C[C@H](NC(=O)[C@@H](C)N1CCc2sccc2[C@H]1C)c1ccc(F)cc1. The second-order valence-corrected chi connectivity index (χ2v) is 7.42. The number of rotatable bonds is 4. The Morgan fingerprint density at radius 3 is 2.71 bits per heavy atom. The van der Waals surface area contributed by atoms with Crippen molar-refractivity contribution in [3.8, 4) is 0 Å². The molecule has 128 valence electrons. The lowest BCUT2D eigenvalue weighted by atomic mass is 9.99. The van der Waals surface area contributed by atoms with Gasteiger partial charge in [-0.2, -0.15) is 0 Å². The Kier molecular flexibility index (Phi) is 5.01. The third-order valence-corrected chi connectivity index (χ3v) is 5.93. The van der Waals surface area contributed by atoms with Crippen LogP contribution >= 0.6 is 11.3 Å². The molecule has 2 heterocycles. The Morgan fingerprint density at radius 2 is 2.00 bits per heavy atom. The van der Waals surface area contributed by atoms with Crippen molar-refractivity contribution in [2.45, 2.75) is 45.3 Å². The fourth-order valence-corrected chi connectivity index (χ4v) is 4.34. The molecule has 1 aliphatic rings. The molecular weight excluding hydrogens is 323 g/mol. The van der Waals surface area contributed by atoms with Gasteiger partial charge < -0.3 is 5.32 Å². The summed E-state index contributed by atoms with van der Waals surface area (Å²) in [5.41, 5.74) is 2.25. The first-order valence-electron chi connectivity index (χ1n) is 8.35. The van der Waals surface area contributed by atoms with Crippen LogP contribution in [0.1, 0.15) is 48.9 Å². The summed E-state index contributed by atoms with van der Waals surface area (Å²) in [6.07, 6.45) is 1.00. The molecule has 0 radical (unpaired) electrons. The third kappa shape index (κ3) is 3.37. The fourth-order valence-electron chi connectivity index (χ4n) is 3.38. The quantitative estimate of drug-likeness (QED) is 0.905. The first-order chi connectivity index (χ1) is 11.5.